The highest BCUT2D eigenvalue weighted by Crippen LogP contribution is 2.29. The van der Waals surface area contributed by atoms with Gasteiger partial charge in [-0.25, -0.2) is 4.98 Å². The molecule has 3 aromatic heterocycles. The lowest BCUT2D eigenvalue weighted by Gasteiger charge is -1.98. The van der Waals surface area contributed by atoms with Gasteiger partial charge >= 0.3 is 0 Å². The lowest BCUT2D eigenvalue weighted by atomic mass is 10.1. The second kappa shape index (κ2) is 6.42. The van der Waals surface area contributed by atoms with Crippen molar-refractivity contribution >= 4 is 43.9 Å². The van der Waals surface area contributed by atoms with Gasteiger partial charge in [0.15, 0.2) is 5.13 Å². The molecule has 0 unspecified atom stereocenters. The fraction of sp³-hybridized carbons (Fsp3) is 0.167. The van der Waals surface area contributed by atoms with E-state index in [1.54, 1.807) is 0 Å². The van der Waals surface area contributed by atoms with Crippen molar-refractivity contribution in [2.75, 3.05) is 5.32 Å². The van der Waals surface area contributed by atoms with E-state index in [9.17, 15) is 4.79 Å². The molecule has 0 aliphatic carbocycles. The van der Waals surface area contributed by atoms with Crippen molar-refractivity contribution in [3.8, 4) is 0 Å². The van der Waals surface area contributed by atoms with E-state index >= 15 is 0 Å². The molecule has 4 rings (SSSR count). The first-order valence-electron chi connectivity index (χ1n) is 7.83. The zero-order valence-corrected chi connectivity index (χ0v) is 15.4. The highest BCUT2D eigenvalue weighted by Gasteiger charge is 2.16. The van der Waals surface area contributed by atoms with Crippen molar-refractivity contribution in [1.29, 1.82) is 0 Å². The Hall–Kier alpha value is -2.51. The van der Waals surface area contributed by atoms with E-state index in [-0.39, 0.29) is 5.91 Å². The summed E-state index contributed by atoms with van der Waals surface area (Å²) in [5.74, 6) is -0.124. The van der Waals surface area contributed by atoms with Crippen molar-refractivity contribution in [1.82, 2.24) is 14.8 Å². The van der Waals surface area contributed by atoms with Crippen LogP contribution in [0.2, 0.25) is 0 Å². The molecule has 0 aliphatic heterocycles. The minimum atomic E-state index is -0.124. The molecule has 1 N–H and O–H groups in total. The van der Waals surface area contributed by atoms with Crippen LogP contribution in [-0.2, 0) is 13.5 Å². The zero-order valence-electron chi connectivity index (χ0n) is 13.8. The summed E-state index contributed by atoms with van der Waals surface area (Å²) in [6.07, 6.45) is 2.65. The predicted octanol–water partition coefficient (Wildman–Crippen LogP) is 4.24. The van der Waals surface area contributed by atoms with Gasteiger partial charge in [0, 0.05) is 29.9 Å². The van der Waals surface area contributed by atoms with Gasteiger partial charge in [-0.2, -0.15) is 5.10 Å². The van der Waals surface area contributed by atoms with Crippen molar-refractivity contribution in [3.63, 3.8) is 0 Å². The number of thiophene rings is 1. The summed E-state index contributed by atoms with van der Waals surface area (Å²) >= 11 is 2.96. The molecule has 5 nitrogen and oxygen atoms in total. The van der Waals surface area contributed by atoms with Gasteiger partial charge in [-0.3, -0.25) is 14.8 Å². The number of hydrogen-bond donors (Lipinski definition) is 1. The van der Waals surface area contributed by atoms with Gasteiger partial charge in [-0.1, -0.05) is 30.3 Å². The van der Waals surface area contributed by atoms with Crippen LogP contribution in [0.25, 0.3) is 10.2 Å². The maximum atomic E-state index is 12.5. The largest absolute Gasteiger partial charge is 0.297 e. The zero-order chi connectivity index (χ0) is 17.4. The Balaban J connectivity index is 1.49. The minimum absolute atomic E-state index is 0.124. The molecule has 0 bridgehead atoms. The number of rotatable bonds is 4. The molecule has 7 heteroatoms. The lowest BCUT2D eigenvalue weighted by Crippen LogP contribution is -2.09. The van der Waals surface area contributed by atoms with Gasteiger partial charge in [-0.15, -0.1) is 22.7 Å². The first-order chi connectivity index (χ1) is 12.1. The normalized spacial score (nSPS) is 11.1. The second-order valence-corrected chi connectivity index (χ2v) is 7.93. The molecule has 126 valence electrons. The molecular weight excluding hydrogens is 352 g/mol. The van der Waals surface area contributed by atoms with Crippen LogP contribution in [0.15, 0.2) is 42.6 Å². The highest BCUT2D eigenvalue weighted by molar-refractivity contribution is 7.20. The second-order valence-electron chi connectivity index (χ2n) is 5.79. The number of benzene rings is 1. The van der Waals surface area contributed by atoms with E-state index < -0.39 is 0 Å². The Morgan fingerprint density at radius 2 is 2.04 bits per heavy atom. The van der Waals surface area contributed by atoms with Crippen molar-refractivity contribution < 1.29 is 4.79 Å². The minimum Gasteiger partial charge on any atom is -0.297 e. The number of fused-ring (bicyclic) bond motifs is 1. The SMILES string of the molecule is Cc1nn(C)c2sc(C(=O)Nc3ncc(Cc4ccccc4)s3)cc12. The van der Waals surface area contributed by atoms with E-state index in [4.69, 9.17) is 0 Å². The molecule has 0 aliphatic rings. The van der Waals surface area contributed by atoms with Crippen molar-refractivity contribution in [3.05, 3.63) is 63.6 Å². The van der Waals surface area contributed by atoms with Crippen LogP contribution >= 0.6 is 22.7 Å². The molecule has 0 saturated carbocycles. The van der Waals surface area contributed by atoms with E-state index in [0.717, 1.165) is 27.2 Å². The highest BCUT2D eigenvalue weighted by atomic mass is 32.1. The van der Waals surface area contributed by atoms with Gasteiger partial charge in [0.05, 0.1) is 10.6 Å². The Kier molecular flexibility index (Phi) is 4.10. The first-order valence-corrected chi connectivity index (χ1v) is 9.46. The maximum absolute atomic E-state index is 12.5. The van der Waals surface area contributed by atoms with Crippen LogP contribution in [0, 0.1) is 6.92 Å². The van der Waals surface area contributed by atoms with Gasteiger partial charge in [0.1, 0.15) is 4.83 Å². The number of carbonyl (C=O) groups is 1. The van der Waals surface area contributed by atoms with Gasteiger partial charge in [0.2, 0.25) is 0 Å². The number of aryl methyl sites for hydroxylation is 2. The fourth-order valence-corrected chi connectivity index (χ4v) is 4.58. The van der Waals surface area contributed by atoms with Crippen molar-refractivity contribution in [2.45, 2.75) is 13.3 Å². The van der Waals surface area contributed by atoms with Crippen LogP contribution in [-0.4, -0.2) is 20.7 Å². The van der Waals surface area contributed by atoms with Crippen LogP contribution in [0.4, 0.5) is 5.13 Å². The Bertz CT molecular complexity index is 1010. The molecule has 0 radical (unpaired) electrons. The standard InChI is InChI=1S/C18H16N4OS2/c1-11-14-9-15(25-17(14)22(2)21-11)16(23)20-18-19-10-13(24-18)8-12-6-4-3-5-7-12/h3-7,9-10H,8H2,1-2H3,(H,19,20,23). The van der Waals surface area contributed by atoms with Gasteiger partial charge in [0.25, 0.3) is 5.91 Å². The van der Waals surface area contributed by atoms with E-state index in [1.165, 1.54) is 28.2 Å². The molecule has 0 spiro atoms. The molecule has 1 aromatic carbocycles. The third-order valence-electron chi connectivity index (χ3n) is 3.92. The first kappa shape index (κ1) is 16.0. The number of thiazole rings is 1. The monoisotopic (exact) mass is 368 g/mol. The summed E-state index contributed by atoms with van der Waals surface area (Å²) in [6, 6.07) is 12.1. The van der Waals surface area contributed by atoms with E-state index in [1.807, 2.05) is 49.1 Å². The third-order valence-corrected chi connectivity index (χ3v) is 6.03. The third kappa shape index (κ3) is 3.20. The smallest absolute Gasteiger partial charge is 0.267 e. The summed E-state index contributed by atoms with van der Waals surface area (Å²) in [4.78, 5) is 19.6. The fourth-order valence-electron chi connectivity index (χ4n) is 2.72. The quantitative estimate of drug-likeness (QED) is 0.586. The van der Waals surface area contributed by atoms with Crippen LogP contribution in [0.3, 0.4) is 0 Å². The molecular formula is C18H16N4OS2. The molecule has 4 aromatic rings. The van der Waals surface area contributed by atoms with Gasteiger partial charge < -0.3 is 0 Å². The number of anilines is 1. The Morgan fingerprint density at radius 1 is 1.24 bits per heavy atom. The van der Waals surface area contributed by atoms with E-state index in [2.05, 4.69) is 27.5 Å². The topological polar surface area (TPSA) is 59.8 Å². The number of nitrogens with one attached hydrogen (secondary N) is 1. The maximum Gasteiger partial charge on any atom is 0.267 e. The predicted molar refractivity (Wildman–Crippen MR) is 103 cm³/mol. The summed E-state index contributed by atoms with van der Waals surface area (Å²) < 4.78 is 1.81. The molecule has 0 fully saturated rings. The molecule has 25 heavy (non-hydrogen) atoms. The van der Waals surface area contributed by atoms with Crippen molar-refractivity contribution in [2.24, 2.45) is 7.05 Å². The number of hydrogen-bond acceptors (Lipinski definition) is 5. The lowest BCUT2D eigenvalue weighted by molar-refractivity contribution is 0.103. The average molecular weight is 368 g/mol. The average Bonchev–Trinajstić information content (AvgIpc) is 3.28. The molecule has 0 atom stereocenters. The van der Waals surface area contributed by atoms with E-state index in [0.29, 0.717) is 10.0 Å². The summed E-state index contributed by atoms with van der Waals surface area (Å²) in [5.41, 5.74) is 2.17. The number of nitrogens with zero attached hydrogens (tertiary/aromatic N) is 3. The van der Waals surface area contributed by atoms with Gasteiger partial charge in [-0.05, 0) is 18.6 Å². The molecule has 1 amide bonds. The summed E-state index contributed by atoms with van der Waals surface area (Å²) in [7, 11) is 1.89. The summed E-state index contributed by atoms with van der Waals surface area (Å²) in [5, 5.41) is 8.92. The van der Waals surface area contributed by atoms with Crippen LogP contribution in [0.5, 0.6) is 0 Å². The molecule has 3 heterocycles. The summed E-state index contributed by atoms with van der Waals surface area (Å²) in [6.45, 7) is 1.95. The van der Waals surface area contributed by atoms with Crippen LogP contribution < -0.4 is 5.32 Å². The van der Waals surface area contributed by atoms with Crippen LogP contribution in [0.1, 0.15) is 25.8 Å². The number of amides is 1. The Labute approximate surface area is 153 Å². The molecule has 0 saturated heterocycles. The Morgan fingerprint density at radius 3 is 2.80 bits per heavy atom. The number of aromatic nitrogens is 3. The number of carbonyl (C=O) groups excluding carboxylic acids is 1.